The van der Waals surface area contributed by atoms with Gasteiger partial charge in [0.05, 0.1) is 0 Å². The number of hydrogen-bond acceptors (Lipinski definition) is 0. The first-order chi connectivity index (χ1) is 14.7. The van der Waals surface area contributed by atoms with Gasteiger partial charge in [-0.15, -0.1) is 0 Å². The van der Waals surface area contributed by atoms with Crippen molar-refractivity contribution in [2.24, 2.45) is 0 Å². The van der Waals surface area contributed by atoms with Crippen molar-refractivity contribution in [2.75, 3.05) is 0 Å². The van der Waals surface area contributed by atoms with E-state index in [1.165, 1.54) is 24.0 Å². The van der Waals surface area contributed by atoms with Crippen LogP contribution in [0.4, 0.5) is 0 Å². The molecule has 0 radical (unpaired) electrons. The summed E-state index contributed by atoms with van der Waals surface area (Å²) in [5.41, 5.74) is 9.95. The molecule has 0 bridgehead atoms. The minimum atomic E-state index is -2.67. The molecule has 2 unspecified atom stereocenters. The Labute approximate surface area is 197 Å². The molecule has 3 heteroatoms. The van der Waals surface area contributed by atoms with Crippen LogP contribution in [0.2, 0.25) is 30.8 Å². The second kappa shape index (κ2) is 7.98. The van der Waals surface area contributed by atoms with E-state index in [0.29, 0.717) is 0 Å². The van der Waals surface area contributed by atoms with Gasteiger partial charge in [0.25, 0.3) is 0 Å². The quantitative estimate of drug-likeness (QED) is 0.273. The molecule has 1 saturated heterocycles. The minimum absolute atomic E-state index is 0.841. The summed E-state index contributed by atoms with van der Waals surface area (Å²) in [5.74, 6) is 0. The average Bonchev–Trinajstić information content (AvgIpc) is 3.42. The van der Waals surface area contributed by atoms with Gasteiger partial charge in [0.15, 0.2) is 0 Å². The van der Waals surface area contributed by atoms with Crippen molar-refractivity contribution < 1.29 is 38.3 Å². The van der Waals surface area contributed by atoms with Crippen molar-refractivity contribution >= 4 is 14.6 Å². The molecule has 2 atom stereocenters. The van der Waals surface area contributed by atoms with Crippen LogP contribution < -0.4 is 0 Å². The Morgan fingerprint density at radius 1 is 0.645 bits per heavy atom. The van der Waals surface area contributed by atoms with Crippen LogP contribution in [0.1, 0.15) is 56.3 Å². The molecule has 2 aromatic carbocycles. The molecule has 0 aromatic heterocycles. The third kappa shape index (κ3) is 3.22. The van der Waals surface area contributed by atoms with Crippen molar-refractivity contribution in [2.45, 2.75) is 64.8 Å². The second-order valence-electron chi connectivity index (χ2n) is 11.6. The Bertz CT molecular complexity index is 1000. The van der Waals surface area contributed by atoms with Crippen LogP contribution in [0, 0.1) is 0 Å². The molecule has 2 aromatic rings. The zero-order valence-corrected chi connectivity index (χ0v) is 28.4. The first-order valence-electron chi connectivity index (χ1n) is 12.2. The summed E-state index contributed by atoms with van der Waals surface area (Å²) in [7, 11) is 0. The molecule has 0 nitrogen and oxygen atoms in total. The van der Waals surface area contributed by atoms with Crippen molar-refractivity contribution in [3.05, 3.63) is 81.9 Å². The zero-order chi connectivity index (χ0) is 22.0. The van der Waals surface area contributed by atoms with Crippen LogP contribution in [0.25, 0.3) is 12.2 Å². The van der Waals surface area contributed by atoms with Gasteiger partial charge in [-0.25, -0.2) is 0 Å². The van der Waals surface area contributed by atoms with E-state index in [-0.39, 0.29) is 0 Å². The normalized spacial score (nSPS) is 24.6. The summed E-state index contributed by atoms with van der Waals surface area (Å²) in [6.45, 7) is 4.95. The summed E-state index contributed by atoms with van der Waals surface area (Å²) in [6, 6.07) is 22.2. The maximum absolute atomic E-state index is 2.94. The fourth-order valence-corrected chi connectivity index (χ4v) is 276. The van der Waals surface area contributed by atoms with Gasteiger partial charge in [-0.3, -0.25) is 0 Å². The van der Waals surface area contributed by atoms with Crippen molar-refractivity contribution in [1.29, 1.82) is 0 Å². The Balaban J connectivity index is 1.66. The van der Waals surface area contributed by atoms with Crippen molar-refractivity contribution in [3.8, 4) is 0 Å². The summed E-state index contributed by atoms with van der Waals surface area (Å²) >= 11 is -5.34. The standard InChI is InChI=1S/2C10H9.C4H8Si.4CH3.2Hf/c2*1-8-6-9-4-2-3-5-10(9)7-8;1-2-4-5-3-1;;;;;;/h2*2-7H,1H3;1-4H2;4*1H3;;. The third-order valence-corrected chi connectivity index (χ3v) is 215. The number of rotatable bonds is 4. The van der Waals surface area contributed by atoms with E-state index < -0.39 is 40.7 Å². The first kappa shape index (κ1) is 22.7. The van der Waals surface area contributed by atoms with Gasteiger partial charge in [-0.05, 0) is 0 Å². The number of hydrogen-bond donors (Lipinski definition) is 0. The summed E-state index contributed by atoms with van der Waals surface area (Å²) in [4.78, 5) is 0. The van der Waals surface area contributed by atoms with E-state index in [2.05, 4.69) is 93.3 Å². The van der Waals surface area contributed by atoms with Crippen LogP contribution >= 0.6 is 0 Å². The van der Waals surface area contributed by atoms with Crippen LogP contribution in [0.5, 0.6) is 0 Å². The summed E-state index contributed by atoms with van der Waals surface area (Å²) in [5, 5.41) is 0. The third-order valence-electron chi connectivity index (χ3n) is 9.66. The van der Waals surface area contributed by atoms with Gasteiger partial charge in [0.2, 0.25) is 0 Å². The Morgan fingerprint density at radius 3 is 1.45 bits per heavy atom. The van der Waals surface area contributed by atoms with Gasteiger partial charge in [-0.1, -0.05) is 0 Å². The number of fused-ring (bicyclic) bond motifs is 2. The Kier molecular flexibility index (Phi) is 5.83. The molecule has 5 rings (SSSR count). The first-order valence-corrected chi connectivity index (χ1v) is 44.0. The number of benzene rings is 2. The average molecular weight is 760 g/mol. The van der Waals surface area contributed by atoms with Crippen LogP contribution in [-0.2, 0) is 38.3 Å². The van der Waals surface area contributed by atoms with E-state index in [1.54, 1.807) is 34.4 Å². The maximum atomic E-state index is 2.94. The van der Waals surface area contributed by atoms with E-state index in [1.807, 2.05) is 0 Å². The predicted molar refractivity (Wildman–Crippen MR) is 134 cm³/mol. The van der Waals surface area contributed by atoms with Crippen molar-refractivity contribution in [3.63, 3.8) is 0 Å². The van der Waals surface area contributed by atoms with Gasteiger partial charge in [0, 0.05) is 0 Å². The fourth-order valence-electron chi connectivity index (χ4n) is 8.52. The monoisotopic (exact) mass is 762 g/mol. The van der Waals surface area contributed by atoms with Gasteiger partial charge < -0.3 is 0 Å². The van der Waals surface area contributed by atoms with Gasteiger partial charge >= 0.3 is 200 Å². The Hall–Kier alpha value is -0.123. The van der Waals surface area contributed by atoms with Crippen LogP contribution in [0.15, 0.2) is 59.7 Å². The molecular formula is C28H38Hf2Si. The molecule has 1 fully saturated rings. The molecule has 0 N–H and O–H groups in total. The predicted octanol–water partition coefficient (Wildman–Crippen LogP) is 9.04. The van der Waals surface area contributed by atoms with E-state index in [0.717, 1.165) is 7.35 Å². The second-order valence-corrected chi connectivity index (χ2v) is 105. The van der Waals surface area contributed by atoms with E-state index in [4.69, 9.17) is 0 Å². The van der Waals surface area contributed by atoms with Crippen LogP contribution in [0.3, 0.4) is 0 Å². The van der Waals surface area contributed by atoms with Gasteiger partial charge in [-0.2, -0.15) is 0 Å². The molecule has 1 heterocycles. The topological polar surface area (TPSA) is 0 Å². The Morgan fingerprint density at radius 2 is 1.03 bits per heavy atom. The van der Waals surface area contributed by atoms with E-state index in [9.17, 15) is 0 Å². The molecule has 0 saturated carbocycles. The molecule has 0 spiro atoms. The molecule has 1 aliphatic heterocycles. The number of allylic oxidation sites excluding steroid dienone is 2. The molecule has 0 amide bonds. The summed E-state index contributed by atoms with van der Waals surface area (Å²) < 4.78 is 12.2. The SMILES string of the molecule is CC1=Cc2ccccc2[CH]1[Hf]([CH3])([CH3])[Si]1([Hf]([CH3])([CH3])[CH]2C(C)=Cc3ccccc32)CCCC1. The molecular weight excluding hydrogens is 721 g/mol. The molecule has 31 heavy (non-hydrogen) atoms. The fraction of sp³-hybridized carbons (Fsp3) is 0.429. The zero-order valence-electron chi connectivity index (χ0n) is 20.3. The van der Waals surface area contributed by atoms with Crippen molar-refractivity contribution in [1.82, 2.24) is 0 Å². The van der Waals surface area contributed by atoms with E-state index >= 15 is 0 Å². The van der Waals surface area contributed by atoms with Crippen LogP contribution in [-0.4, -0.2) is 2.45 Å². The molecule has 162 valence electrons. The summed E-state index contributed by atoms with van der Waals surface area (Å²) in [6.07, 6.45) is 8.18. The molecule has 2 aliphatic carbocycles. The molecule has 3 aliphatic rings. The van der Waals surface area contributed by atoms with Gasteiger partial charge in [0.1, 0.15) is 0 Å².